The molecule has 0 heterocycles. The van der Waals surface area contributed by atoms with Gasteiger partial charge >= 0.3 is 0 Å². The van der Waals surface area contributed by atoms with Crippen LogP contribution in [-0.2, 0) is 20.9 Å². The molecule has 0 atom stereocenters. The highest BCUT2D eigenvalue weighted by Gasteiger charge is 2.26. The van der Waals surface area contributed by atoms with Crippen molar-refractivity contribution in [3.8, 4) is 6.07 Å². The highest BCUT2D eigenvalue weighted by atomic mass is 32.5. The Labute approximate surface area is 89.3 Å². The van der Waals surface area contributed by atoms with E-state index in [1.54, 1.807) is 13.8 Å². The smallest absolute Gasteiger partial charge is 0.233 e. The zero-order chi connectivity index (χ0) is 11.2. The molecule has 0 aromatic carbocycles. The second-order valence-electron chi connectivity index (χ2n) is 2.38. The molecule has 0 aromatic rings. The van der Waals surface area contributed by atoms with Gasteiger partial charge in [0.2, 0.25) is 6.49 Å². The Morgan fingerprint density at radius 3 is 2.07 bits per heavy atom. The van der Waals surface area contributed by atoms with E-state index in [0.717, 1.165) is 0 Å². The summed E-state index contributed by atoms with van der Waals surface area (Å²) < 4.78 is 10.5. The van der Waals surface area contributed by atoms with Gasteiger partial charge in [-0.25, -0.2) is 0 Å². The van der Waals surface area contributed by atoms with Gasteiger partial charge in [-0.05, 0) is 32.6 Å². The maximum atomic E-state index is 9.26. The normalized spacial score (nSPS) is 13.3. The van der Waals surface area contributed by atoms with Crippen LogP contribution in [0.3, 0.4) is 0 Å². The molecule has 0 aliphatic heterocycles. The Bertz CT molecular complexity index is 294. The number of rotatable bonds is 5. The molecule has 14 heavy (non-hydrogen) atoms. The van der Waals surface area contributed by atoms with Crippen LogP contribution in [0.2, 0.25) is 0 Å². The van der Waals surface area contributed by atoms with Gasteiger partial charge in [0.15, 0.2) is 5.31 Å². The highest BCUT2D eigenvalue weighted by Crippen LogP contribution is 2.56. The summed E-state index contributed by atoms with van der Waals surface area (Å²) in [6.45, 7) is 2.86. The zero-order valence-electron chi connectivity index (χ0n) is 8.48. The van der Waals surface area contributed by atoms with Crippen molar-refractivity contribution in [1.29, 1.82) is 5.26 Å². The van der Waals surface area contributed by atoms with E-state index < -0.39 is 6.49 Å². The van der Waals surface area contributed by atoms with E-state index in [-0.39, 0.29) is 11.1 Å². The molecule has 0 aromatic heterocycles. The monoisotopic (exact) mass is 235 g/mol. The van der Waals surface area contributed by atoms with Crippen LogP contribution < -0.4 is 0 Å². The van der Waals surface area contributed by atoms with Gasteiger partial charge in [0.1, 0.15) is 11.8 Å². The van der Waals surface area contributed by atoms with Crippen molar-refractivity contribution in [3.05, 3.63) is 11.1 Å². The first-order valence-electron chi connectivity index (χ1n) is 4.21. The lowest BCUT2D eigenvalue weighted by molar-refractivity contribution is 0.271. The van der Waals surface area contributed by atoms with Crippen LogP contribution in [0.25, 0.3) is 0 Å². The molecule has 80 valence electrons. The second kappa shape index (κ2) is 6.15. The number of nitrogens with zero attached hydrogens (tertiary/aromatic N) is 1. The number of aliphatic hydroxyl groups is 1. The second-order valence-corrected chi connectivity index (χ2v) is 5.78. The SMILES string of the molecule is CCOP(=S)(OCC)/C(C#N)=C(/C)O. The van der Waals surface area contributed by atoms with Gasteiger partial charge in [-0.15, -0.1) is 0 Å². The van der Waals surface area contributed by atoms with Crippen LogP contribution >= 0.6 is 6.49 Å². The lowest BCUT2D eigenvalue weighted by atomic mass is 10.5. The lowest BCUT2D eigenvalue weighted by Gasteiger charge is -2.20. The molecule has 0 spiro atoms. The third-order valence-corrected chi connectivity index (χ3v) is 4.67. The van der Waals surface area contributed by atoms with Gasteiger partial charge in [0.25, 0.3) is 0 Å². The minimum Gasteiger partial charge on any atom is -0.511 e. The summed E-state index contributed by atoms with van der Waals surface area (Å²) in [7, 11) is 0. The molecular weight excluding hydrogens is 221 g/mol. The Morgan fingerprint density at radius 1 is 1.43 bits per heavy atom. The third kappa shape index (κ3) is 3.39. The van der Waals surface area contributed by atoms with Crippen molar-refractivity contribution in [1.82, 2.24) is 0 Å². The molecule has 0 aliphatic carbocycles. The number of nitriles is 1. The molecule has 0 rings (SSSR count). The topological polar surface area (TPSA) is 62.5 Å². The van der Waals surface area contributed by atoms with Crippen molar-refractivity contribution in [2.45, 2.75) is 20.8 Å². The Hall–Kier alpha value is -0.400. The maximum Gasteiger partial charge on any atom is 0.233 e. The standard InChI is InChI=1S/C8H14NO3PS/c1-4-11-13(14,12-5-2)8(6-9)7(3)10/h10H,4-5H2,1-3H3/b8-7-. The van der Waals surface area contributed by atoms with E-state index in [1.807, 2.05) is 6.07 Å². The first-order valence-corrected chi connectivity index (χ1v) is 6.85. The van der Waals surface area contributed by atoms with Crippen molar-refractivity contribution < 1.29 is 14.2 Å². The summed E-state index contributed by atoms with van der Waals surface area (Å²) in [4.78, 5) is 0. The minimum atomic E-state index is -2.78. The fourth-order valence-corrected chi connectivity index (χ4v) is 3.53. The van der Waals surface area contributed by atoms with E-state index in [9.17, 15) is 5.11 Å². The number of allylic oxidation sites excluding steroid dienone is 2. The third-order valence-electron chi connectivity index (χ3n) is 1.32. The van der Waals surface area contributed by atoms with E-state index in [2.05, 4.69) is 0 Å². The summed E-state index contributed by atoms with van der Waals surface area (Å²) in [6, 6.07) is 1.84. The lowest BCUT2D eigenvalue weighted by Crippen LogP contribution is -1.99. The Kier molecular flexibility index (Phi) is 5.98. The molecule has 0 saturated carbocycles. The van der Waals surface area contributed by atoms with Crippen LogP contribution in [0.5, 0.6) is 0 Å². The molecule has 6 heteroatoms. The van der Waals surface area contributed by atoms with Crippen LogP contribution in [0.4, 0.5) is 0 Å². The van der Waals surface area contributed by atoms with Gasteiger partial charge in [-0.3, -0.25) is 0 Å². The fourth-order valence-electron chi connectivity index (χ4n) is 0.847. The first-order chi connectivity index (χ1) is 6.51. The zero-order valence-corrected chi connectivity index (χ0v) is 10.2. The van der Waals surface area contributed by atoms with Crippen LogP contribution in [0, 0.1) is 11.3 Å². The molecule has 1 N–H and O–H groups in total. The molecule has 0 unspecified atom stereocenters. The number of aliphatic hydroxyl groups excluding tert-OH is 1. The van der Waals surface area contributed by atoms with E-state index >= 15 is 0 Å². The molecule has 0 amide bonds. The molecule has 4 nitrogen and oxygen atoms in total. The average molecular weight is 235 g/mol. The number of hydrogen-bond acceptors (Lipinski definition) is 5. The van der Waals surface area contributed by atoms with E-state index in [1.165, 1.54) is 6.92 Å². The van der Waals surface area contributed by atoms with Gasteiger partial charge in [0, 0.05) is 0 Å². The molecule has 0 bridgehead atoms. The van der Waals surface area contributed by atoms with Gasteiger partial charge < -0.3 is 14.2 Å². The predicted octanol–water partition coefficient (Wildman–Crippen LogP) is 2.68. The van der Waals surface area contributed by atoms with Gasteiger partial charge in [0.05, 0.1) is 13.2 Å². The van der Waals surface area contributed by atoms with Crippen molar-refractivity contribution in [2.24, 2.45) is 0 Å². The van der Waals surface area contributed by atoms with Gasteiger partial charge in [-0.1, -0.05) is 0 Å². The van der Waals surface area contributed by atoms with Crippen LogP contribution in [0.15, 0.2) is 11.1 Å². The molecule has 0 fully saturated rings. The summed E-state index contributed by atoms with van der Waals surface area (Å²) >= 11 is 5.12. The van der Waals surface area contributed by atoms with Crippen molar-refractivity contribution in [2.75, 3.05) is 13.2 Å². The number of hydrogen-bond donors (Lipinski definition) is 1. The quantitative estimate of drug-likeness (QED) is 0.451. The summed E-state index contributed by atoms with van der Waals surface area (Å²) in [5.41, 5.74) is 0. The van der Waals surface area contributed by atoms with E-state index in [0.29, 0.717) is 13.2 Å². The van der Waals surface area contributed by atoms with Crippen LogP contribution in [0.1, 0.15) is 20.8 Å². The first kappa shape index (κ1) is 13.6. The minimum absolute atomic E-state index is 0.0381. The summed E-state index contributed by atoms with van der Waals surface area (Å²) in [5.74, 6) is -0.127. The molecule has 0 saturated heterocycles. The highest BCUT2D eigenvalue weighted by molar-refractivity contribution is 8.12. The maximum absolute atomic E-state index is 9.26. The molecule has 0 aliphatic rings. The van der Waals surface area contributed by atoms with Crippen LogP contribution in [-0.4, -0.2) is 18.3 Å². The largest absolute Gasteiger partial charge is 0.511 e. The average Bonchev–Trinajstić information content (AvgIpc) is 2.04. The Morgan fingerprint density at radius 2 is 1.86 bits per heavy atom. The summed E-state index contributed by atoms with van der Waals surface area (Å²) in [5, 5.41) is 18.1. The van der Waals surface area contributed by atoms with Crippen molar-refractivity contribution >= 4 is 18.3 Å². The summed E-state index contributed by atoms with van der Waals surface area (Å²) in [6.07, 6.45) is 0. The van der Waals surface area contributed by atoms with Gasteiger partial charge in [-0.2, -0.15) is 5.26 Å². The van der Waals surface area contributed by atoms with E-state index in [4.69, 9.17) is 26.1 Å². The van der Waals surface area contributed by atoms with Crippen molar-refractivity contribution in [3.63, 3.8) is 0 Å². The molecule has 0 radical (unpaired) electrons. The predicted molar refractivity (Wildman–Crippen MR) is 58.5 cm³/mol. The Balaban J connectivity index is 5.11. The molecular formula is C8H14NO3PS. The fraction of sp³-hybridized carbons (Fsp3) is 0.625.